The van der Waals surface area contributed by atoms with Crippen LogP contribution in [0.2, 0.25) is 0 Å². The van der Waals surface area contributed by atoms with Crippen molar-refractivity contribution in [2.75, 3.05) is 13.2 Å². The molecule has 4 rings (SSSR count). The zero-order chi connectivity index (χ0) is 21.1. The Morgan fingerprint density at radius 2 is 1.87 bits per heavy atom. The molecule has 2 aliphatic rings. The number of aromatic nitrogens is 2. The number of rotatable bonds is 6. The molecule has 7 heteroatoms. The van der Waals surface area contributed by atoms with Crippen molar-refractivity contribution in [1.82, 2.24) is 15.3 Å². The van der Waals surface area contributed by atoms with E-state index in [1.54, 1.807) is 0 Å². The van der Waals surface area contributed by atoms with Crippen molar-refractivity contribution in [2.45, 2.75) is 68.7 Å². The Hall–Kier alpha value is -1.99. The van der Waals surface area contributed by atoms with Crippen LogP contribution in [-0.2, 0) is 22.9 Å². The Morgan fingerprint density at radius 3 is 2.53 bits per heavy atom. The molecule has 0 unspecified atom stereocenters. The SMILES string of the molecule is FC(F)(F)c1ccc(CNCC[C@]2(c3ccccn3)CCOC3(CCCC3)C2)nc1. The second-order valence-electron chi connectivity index (χ2n) is 8.62. The van der Waals surface area contributed by atoms with Crippen molar-refractivity contribution in [1.29, 1.82) is 0 Å². The van der Waals surface area contributed by atoms with Gasteiger partial charge in [0.05, 0.1) is 16.9 Å². The van der Waals surface area contributed by atoms with Crippen LogP contribution in [-0.4, -0.2) is 28.7 Å². The standard InChI is InChI=1S/C23H28F3N3O/c24-23(25,26)18-6-7-19(29-15-18)16-27-13-10-21(20-5-1-4-12-28-20)11-14-30-22(17-21)8-2-3-9-22/h1,4-7,12,15,27H,2-3,8-11,13-14,16-17H2/t21-/m0/s1. The highest BCUT2D eigenvalue weighted by atomic mass is 19.4. The number of ether oxygens (including phenoxy) is 1. The molecular formula is C23H28F3N3O. The highest BCUT2D eigenvalue weighted by Crippen LogP contribution is 2.49. The van der Waals surface area contributed by atoms with Crippen molar-refractivity contribution in [3.05, 3.63) is 59.7 Å². The second-order valence-corrected chi connectivity index (χ2v) is 8.62. The maximum absolute atomic E-state index is 12.7. The van der Waals surface area contributed by atoms with Gasteiger partial charge in [0, 0.05) is 36.7 Å². The molecule has 0 aromatic carbocycles. The summed E-state index contributed by atoms with van der Waals surface area (Å²) >= 11 is 0. The molecule has 30 heavy (non-hydrogen) atoms. The number of alkyl halides is 3. The molecular weight excluding hydrogens is 391 g/mol. The van der Waals surface area contributed by atoms with Gasteiger partial charge < -0.3 is 10.1 Å². The Morgan fingerprint density at radius 1 is 1.03 bits per heavy atom. The molecule has 1 saturated carbocycles. The molecule has 0 radical (unpaired) electrons. The topological polar surface area (TPSA) is 47.0 Å². The third-order valence-corrected chi connectivity index (χ3v) is 6.61. The smallest absolute Gasteiger partial charge is 0.375 e. The number of hydrogen-bond acceptors (Lipinski definition) is 4. The minimum Gasteiger partial charge on any atom is -0.375 e. The van der Waals surface area contributed by atoms with Crippen molar-refractivity contribution in [2.24, 2.45) is 0 Å². The van der Waals surface area contributed by atoms with Crippen LogP contribution in [0.3, 0.4) is 0 Å². The van der Waals surface area contributed by atoms with E-state index >= 15 is 0 Å². The molecule has 1 aliphatic carbocycles. The Balaban J connectivity index is 1.41. The Labute approximate surface area is 175 Å². The predicted octanol–water partition coefficient (Wildman–Crippen LogP) is 5.04. The van der Waals surface area contributed by atoms with Gasteiger partial charge in [-0.15, -0.1) is 0 Å². The quantitative estimate of drug-likeness (QED) is 0.667. The average Bonchev–Trinajstić information content (AvgIpc) is 3.19. The largest absolute Gasteiger partial charge is 0.417 e. The lowest BCUT2D eigenvalue weighted by molar-refractivity contribution is -0.137. The molecule has 1 spiro atoms. The zero-order valence-corrected chi connectivity index (χ0v) is 17.0. The van der Waals surface area contributed by atoms with Gasteiger partial charge in [-0.2, -0.15) is 13.2 Å². The fourth-order valence-electron chi connectivity index (χ4n) is 5.04. The van der Waals surface area contributed by atoms with E-state index in [0.717, 1.165) is 63.2 Å². The molecule has 2 aromatic rings. The van der Waals surface area contributed by atoms with Gasteiger partial charge in [0.15, 0.2) is 0 Å². The van der Waals surface area contributed by atoms with E-state index in [2.05, 4.69) is 16.4 Å². The first kappa shape index (κ1) is 21.2. The number of nitrogens with one attached hydrogen (secondary N) is 1. The molecule has 1 aliphatic heterocycles. The average molecular weight is 419 g/mol. The summed E-state index contributed by atoms with van der Waals surface area (Å²) in [5, 5.41) is 3.37. The van der Waals surface area contributed by atoms with Crippen LogP contribution in [0.15, 0.2) is 42.7 Å². The van der Waals surface area contributed by atoms with E-state index in [0.29, 0.717) is 12.2 Å². The fraction of sp³-hybridized carbons (Fsp3) is 0.565. The Bertz CT molecular complexity index is 820. The maximum atomic E-state index is 12.7. The van der Waals surface area contributed by atoms with E-state index in [1.165, 1.54) is 18.9 Å². The van der Waals surface area contributed by atoms with Gasteiger partial charge in [-0.05, 0) is 62.9 Å². The van der Waals surface area contributed by atoms with Crippen LogP contribution in [0.5, 0.6) is 0 Å². The predicted molar refractivity (Wildman–Crippen MR) is 108 cm³/mol. The van der Waals surface area contributed by atoms with Crippen molar-refractivity contribution in [3.8, 4) is 0 Å². The van der Waals surface area contributed by atoms with Crippen LogP contribution in [0.25, 0.3) is 0 Å². The van der Waals surface area contributed by atoms with E-state index in [-0.39, 0.29) is 11.0 Å². The lowest BCUT2D eigenvalue weighted by atomic mass is 9.68. The molecule has 1 saturated heterocycles. The highest BCUT2D eigenvalue weighted by Gasteiger charge is 2.48. The summed E-state index contributed by atoms with van der Waals surface area (Å²) in [4.78, 5) is 8.64. The third kappa shape index (κ3) is 4.67. The van der Waals surface area contributed by atoms with E-state index < -0.39 is 11.7 Å². The molecule has 2 aromatic heterocycles. The summed E-state index contributed by atoms with van der Waals surface area (Å²) in [6, 6.07) is 8.62. The number of pyridine rings is 2. The molecule has 0 bridgehead atoms. The van der Waals surface area contributed by atoms with Gasteiger partial charge in [0.2, 0.25) is 0 Å². The zero-order valence-electron chi connectivity index (χ0n) is 17.0. The second kappa shape index (κ2) is 8.63. The number of halogens is 3. The van der Waals surface area contributed by atoms with Crippen molar-refractivity contribution >= 4 is 0 Å². The van der Waals surface area contributed by atoms with Gasteiger partial charge in [-0.3, -0.25) is 9.97 Å². The molecule has 3 heterocycles. The van der Waals surface area contributed by atoms with Gasteiger partial charge in [0.1, 0.15) is 0 Å². The first-order chi connectivity index (χ1) is 14.4. The van der Waals surface area contributed by atoms with Crippen LogP contribution in [0.4, 0.5) is 13.2 Å². The normalized spacial score (nSPS) is 23.7. The van der Waals surface area contributed by atoms with Gasteiger partial charge in [-0.1, -0.05) is 18.9 Å². The lowest BCUT2D eigenvalue weighted by Crippen LogP contribution is -2.47. The van der Waals surface area contributed by atoms with E-state index in [4.69, 9.17) is 9.72 Å². The molecule has 0 amide bonds. The number of nitrogens with zero attached hydrogens (tertiary/aromatic N) is 2. The maximum Gasteiger partial charge on any atom is 0.417 e. The first-order valence-electron chi connectivity index (χ1n) is 10.7. The van der Waals surface area contributed by atoms with Crippen LogP contribution in [0, 0.1) is 0 Å². The molecule has 162 valence electrons. The minimum absolute atomic E-state index is 0.0231. The summed E-state index contributed by atoms with van der Waals surface area (Å²) in [6.07, 6.45) is 5.90. The van der Waals surface area contributed by atoms with Crippen molar-refractivity contribution < 1.29 is 17.9 Å². The molecule has 1 N–H and O–H groups in total. The summed E-state index contributed by atoms with van der Waals surface area (Å²) in [5.74, 6) is 0. The molecule has 2 fully saturated rings. The summed E-state index contributed by atoms with van der Waals surface area (Å²) in [7, 11) is 0. The fourth-order valence-corrected chi connectivity index (χ4v) is 5.04. The molecule has 4 nitrogen and oxygen atoms in total. The summed E-state index contributed by atoms with van der Waals surface area (Å²) in [6.45, 7) is 1.93. The number of hydrogen-bond donors (Lipinski definition) is 1. The Kier molecular flexibility index (Phi) is 6.11. The van der Waals surface area contributed by atoms with Crippen LogP contribution in [0.1, 0.15) is 61.9 Å². The minimum atomic E-state index is -4.35. The van der Waals surface area contributed by atoms with Crippen molar-refractivity contribution in [3.63, 3.8) is 0 Å². The van der Waals surface area contributed by atoms with Gasteiger partial charge >= 0.3 is 6.18 Å². The van der Waals surface area contributed by atoms with E-state index in [1.807, 2.05) is 18.3 Å². The van der Waals surface area contributed by atoms with E-state index in [9.17, 15) is 13.2 Å². The summed E-state index contributed by atoms with van der Waals surface area (Å²) in [5.41, 5.74) is 0.947. The first-order valence-corrected chi connectivity index (χ1v) is 10.7. The van der Waals surface area contributed by atoms with Gasteiger partial charge in [0.25, 0.3) is 0 Å². The highest BCUT2D eigenvalue weighted by molar-refractivity contribution is 5.21. The van der Waals surface area contributed by atoms with Gasteiger partial charge in [-0.25, -0.2) is 0 Å². The molecule has 1 atom stereocenters. The summed E-state index contributed by atoms with van der Waals surface area (Å²) < 4.78 is 44.3. The third-order valence-electron chi connectivity index (χ3n) is 6.61. The lowest BCUT2D eigenvalue weighted by Gasteiger charge is -2.46. The van der Waals surface area contributed by atoms with Crippen LogP contribution >= 0.6 is 0 Å². The van der Waals surface area contributed by atoms with Crippen LogP contribution < -0.4 is 5.32 Å². The monoisotopic (exact) mass is 419 g/mol.